The van der Waals surface area contributed by atoms with Crippen LogP contribution in [0.5, 0.6) is 0 Å². The minimum atomic E-state index is -1.68. The minimum Gasteiger partial charge on any atom is -0.543 e. The van der Waals surface area contributed by atoms with Crippen LogP contribution >= 0.6 is 35.3 Å². The molecule has 0 bridgehead atoms. The zero-order valence-electron chi connectivity index (χ0n) is 21.0. The maximum atomic E-state index is 13.0. The normalized spacial score (nSPS) is 19.0. The number of aryl methyl sites for hydroxylation is 1. The summed E-state index contributed by atoms with van der Waals surface area (Å²) in [4.78, 5) is 38.2. The van der Waals surface area contributed by atoms with Crippen LogP contribution in [0, 0.1) is 0 Å². The number of aliphatic hydroxyl groups excluding tert-OH is 1. The molecule has 0 aromatic carbocycles. The van der Waals surface area contributed by atoms with Crippen LogP contribution in [0.25, 0.3) is 0 Å². The van der Waals surface area contributed by atoms with Gasteiger partial charge < -0.3 is 69.1 Å². The fraction of sp³-hybridized carbons (Fsp3) is 0.600. The number of nitrogens with zero attached hydrogens (tertiary/aromatic N) is 5. The second-order valence-corrected chi connectivity index (χ2v) is 9.56. The molecule has 0 aliphatic carbocycles. The summed E-state index contributed by atoms with van der Waals surface area (Å²) in [5, 5.41) is 34.3. The molecule has 1 saturated heterocycles. The Morgan fingerprint density at radius 2 is 1.87 bits per heavy atom. The number of ether oxygens (including phenoxy) is 1. The molecule has 0 saturated carbocycles. The molecule has 0 spiro atoms. The summed E-state index contributed by atoms with van der Waals surface area (Å²) in [5.74, 6) is -2.08. The van der Waals surface area contributed by atoms with E-state index in [1.165, 1.54) is 35.3 Å². The van der Waals surface area contributed by atoms with Gasteiger partial charge in [0.2, 0.25) is 11.1 Å². The van der Waals surface area contributed by atoms with E-state index in [0.29, 0.717) is 10.7 Å². The van der Waals surface area contributed by atoms with Crippen LogP contribution in [-0.4, -0.2) is 134 Å². The molecule has 0 radical (unpaired) electrons. The molecule has 1 aromatic rings. The molecule has 1 fully saturated rings. The number of nitrogens with one attached hydrogen (secondary N) is 1. The van der Waals surface area contributed by atoms with Gasteiger partial charge in [0.25, 0.3) is 11.6 Å². The minimum absolute atomic E-state index is 0. The first kappa shape index (κ1) is 50.7. The number of aromatic nitrogens is 4. The number of nitrogens with two attached hydrogens (primary N) is 1. The Bertz CT molecular complexity index is 929. The number of aliphatic hydroxyl groups is 1. The fourth-order valence-electron chi connectivity index (χ4n) is 3.05. The Balaban J connectivity index is -0.000000340. The third kappa shape index (κ3) is 10.7. The van der Waals surface area contributed by atoms with Gasteiger partial charge in [-0.15, -0.1) is 28.6 Å². The zero-order valence-corrected chi connectivity index (χ0v) is 25.5. The summed E-state index contributed by atoms with van der Waals surface area (Å²) in [7, 11) is 2.92. The molecule has 20 nitrogen and oxygen atoms in total. The average Bonchev–Trinajstić information content (AvgIpc) is 3.13. The Labute approximate surface area is 256 Å². The third-order valence-corrected chi connectivity index (χ3v) is 7.94. The van der Waals surface area contributed by atoms with E-state index in [9.17, 15) is 19.5 Å². The number of fused-ring (bicyclic) bond motifs is 1. The SMILES string of the molecule is CO[C@@]1(NC(=O)CSC[C@@H](N)O)C(=O)N2C(C(=O)[O-])=C(CSc3nnnn3C)CS[C@@H]21.O.O.O.O.O.O.O.[Na+]. The Hall–Kier alpha value is -1.13. The summed E-state index contributed by atoms with van der Waals surface area (Å²) in [6, 6.07) is 0. The van der Waals surface area contributed by atoms with E-state index in [2.05, 4.69) is 20.8 Å². The average molecular weight is 640 g/mol. The van der Waals surface area contributed by atoms with Crippen molar-refractivity contribution in [1.82, 2.24) is 30.4 Å². The maximum Gasteiger partial charge on any atom is 1.00 e. The van der Waals surface area contributed by atoms with Crippen molar-refractivity contribution in [1.29, 1.82) is 0 Å². The van der Waals surface area contributed by atoms with Crippen molar-refractivity contribution in [3.05, 3.63) is 11.3 Å². The van der Waals surface area contributed by atoms with E-state index < -0.39 is 35.1 Å². The van der Waals surface area contributed by atoms with Gasteiger partial charge in [0.1, 0.15) is 11.6 Å². The summed E-state index contributed by atoms with van der Waals surface area (Å²) in [5.41, 5.74) is 3.79. The molecule has 3 rings (SSSR count). The van der Waals surface area contributed by atoms with Gasteiger partial charge in [-0.1, -0.05) is 11.8 Å². The molecule has 24 heteroatoms. The van der Waals surface area contributed by atoms with Crippen LogP contribution in [0.15, 0.2) is 16.4 Å². The first-order chi connectivity index (χ1) is 14.7. The van der Waals surface area contributed by atoms with E-state index in [0.717, 1.165) is 16.7 Å². The molecule has 3 atom stereocenters. The number of β-lactam (4-membered cyclic amide) rings is 1. The van der Waals surface area contributed by atoms with Crippen LogP contribution < -0.4 is 45.7 Å². The summed E-state index contributed by atoms with van der Waals surface area (Å²) < 4.78 is 6.80. The number of amides is 2. The van der Waals surface area contributed by atoms with Crippen molar-refractivity contribution in [3.8, 4) is 0 Å². The van der Waals surface area contributed by atoms with Gasteiger partial charge in [-0.05, 0) is 16.0 Å². The Morgan fingerprint density at radius 3 is 2.33 bits per heavy atom. The number of thioether (sulfide) groups is 3. The topological polar surface area (TPSA) is 409 Å². The smallest absolute Gasteiger partial charge is 0.543 e. The third-order valence-electron chi connectivity index (χ3n) is 4.43. The van der Waals surface area contributed by atoms with Crippen molar-refractivity contribution in [2.75, 3.05) is 30.1 Å². The molecule has 3 heterocycles. The van der Waals surface area contributed by atoms with Gasteiger partial charge in [-0.3, -0.25) is 14.5 Å². The van der Waals surface area contributed by atoms with Gasteiger partial charge in [-0.2, -0.15) is 0 Å². The molecule has 18 N–H and O–H groups in total. The summed E-state index contributed by atoms with van der Waals surface area (Å²) >= 11 is 3.59. The predicted molar refractivity (Wildman–Crippen MR) is 135 cm³/mol. The molecule has 226 valence electrons. The van der Waals surface area contributed by atoms with E-state index >= 15 is 0 Å². The van der Waals surface area contributed by atoms with Crippen molar-refractivity contribution in [2.45, 2.75) is 22.5 Å². The van der Waals surface area contributed by atoms with Gasteiger partial charge >= 0.3 is 29.6 Å². The quantitative estimate of drug-likeness (QED) is 0.0927. The van der Waals surface area contributed by atoms with Crippen LogP contribution in [0.3, 0.4) is 0 Å². The van der Waals surface area contributed by atoms with Crippen molar-refractivity contribution in [3.63, 3.8) is 0 Å². The number of carbonyl (C=O) groups excluding carboxylic acids is 3. The number of carboxylic acids is 1. The summed E-state index contributed by atoms with van der Waals surface area (Å²) in [6.45, 7) is 0. The van der Waals surface area contributed by atoms with Crippen molar-refractivity contribution < 1.29 is 97.2 Å². The first-order valence-electron chi connectivity index (χ1n) is 8.82. The second kappa shape index (κ2) is 21.6. The molecular weight excluding hydrogens is 605 g/mol. The Morgan fingerprint density at radius 1 is 1.28 bits per heavy atom. The van der Waals surface area contributed by atoms with Crippen molar-refractivity contribution >= 4 is 53.1 Å². The number of hydrogen-bond donors (Lipinski definition) is 3. The van der Waals surface area contributed by atoms with Crippen LogP contribution in [0.2, 0.25) is 0 Å². The van der Waals surface area contributed by atoms with Gasteiger partial charge in [-0.25, -0.2) is 4.68 Å². The Kier molecular flexibility index (Phi) is 28.1. The number of tetrazole rings is 1. The number of hydrogen-bond acceptors (Lipinski definition) is 13. The number of methoxy groups -OCH3 is 1. The zero-order chi connectivity index (χ0) is 22.8. The number of rotatable bonds is 10. The number of carboxylic acid groups (broad SMARTS) is 1. The molecule has 2 amide bonds. The van der Waals surface area contributed by atoms with E-state index in [1.807, 2.05) is 0 Å². The molecule has 39 heavy (non-hydrogen) atoms. The molecule has 1 aromatic heterocycles. The maximum absolute atomic E-state index is 13.0. The van der Waals surface area contributed by atoms with Gasteiger partial charge in [0.15, 0.2) is 0 Å². The first-order valence-corrected chi connectivity index (χ1v) is 12.0. The largest absolute Gasteiger partial charge is 1.00 e. The molecule has 2 aliphatic heterocycles. The number of aliphatic carboxylic acids is 1. The van der Waals surface area contributed by atoms with Gasteiger partial charge in [0.05, 0.1) is 17.4 Å². The van der Waals surface area contributed by atoms with E-state index in [4.69, 9.17) is 15.6 Å². The van der Waals surface area contributed by atoms with Crippen LogP contribution in [0.1, 0.15) is 0 Å². The van der Waals surface area contributed by atoms with Gasteiger partial charge in [0, 0.05) is 31.4 Å². The molecule has 2 aliphatic rings. The number of carbonyl (C=O) groups is 3. The van der Waals surface area contributed by atoms with E-state index in [-0.39, 0.29) is 96.6 Å². The standard InChI is InChI=1S/C15H21N7O6S3.Na.7H2O/c1-21-14(18-19-20-21)31-4-7-3-30-13-15(28-2,12(27)22(13)10(7)11(25)26)17-9(24)6-29-5-8(16)23;;;;;;;;/h8,13,23H,3-6,16H2,1-2H3,(H,17,24)(H,25,26);;7*1H2/q;+1;;;;;;;/p-1/t8-,13+,15-;;;;;;;;/m0......../s1. The van der Waals surface area contributed by atoms with E-state index in [1.54, 1.807) is 7.05 Å². The molecule has 0 unspecified atom stereocenters. The van der Waals surface area contributed by atoms with Crippen molar-refractivity contribution in [2.24, 2.45) is 12.8 Å². The monoisotopic (exact) mass is 639 g/mol. The fourth-order valence-corrected chi connectivity index (χ4v) is 6.10. The van der Waals surface area contributed by atoms with Crippen LogP contribution in [-0.2, 0) is 26.2 Å². The summed E-state index contributed by atoms with van der Waals surface area (Å²) in [6.07, 6.45) is -1.06. The van der Waals surface area contributed by atoms with Crippen LogP contribution in [0.4, 0.5) is 0 Å². The predicted octanol–water partition coefficient (Wildman–Crippen LogP) is -12.1. The molecular formula is C15H34N7NaO13S3. The second-order valence-electron chi connectivity index (χ2n) is 6.52.